The van der Waals surface area contributed by atoms with Crippen molar-refractivity contribution in [1.82, 2.24) is 10.2 Å². The highest BCUT2D eigenvalue weighted by Gasteiger charge is 2.39. The van der Waals surface area contributed by atoms with E-state index in [9.17, 15) is 30.0 Å². The van der Waals surface area contributed by atoms with Gasteiger partial charge in [-0.2, -0.15) is 0 Å². The second-order valence-electron chi connectivity index (χ2n) is 12.3. The van der Waals surface area contributed by atoms with Crippen LogP contribution in [0, 0.1) is 6.92 Å². The molecule has 48 heavy (non-hydrogen) atoms. The number of fused-ring (bicyclic) bond motifs is 1. The second kappa shape index (κ2) is 15.0. The van der Waals surface area contributed by atoms with E-state index in [-0.39, 0.29) is 32.6 Å². The van der Waals surface area contributed by atoms with Crippen LogP contribution < -0.4 is 24.3 Å². The Labute approximate surface area is 283 Å². The number of carboxylic acids is 2. The maximum absolute atomic E-state index is 11.8. The van der Waals surface area contributed by atoms with Gasteiger partial charge in [-0.1, -0.05) is 35.9 Å². The van der Waals surface area contributed by atoms with Gasteiger partial charge in [0.1, 0.15) is 43.5 Å². The number of nitrogens with zero attached hydrogens (tertiary/aromatic N) is 1. The van der Waals surface area contributed by atoms with Gasteiger partial charge in [-0.15, -0.1) is 0 Å². The average Bonchev–Trinajstić information content (AvgIpc) is 3.08. The number of aliphatic carboxylic acids is 2. The number of nitrogens with one attached hydrogen (secondary N) is 1. The van der Waals surface area contributed by atoms with Gasteiger partial charge >= 0.3 is 11.9 Å². The minimum absolute atomic E-state index is 0.0325. The van der Waals surface area contributed by atoms with Crippen LogP contribution in [0.3, 0.4) is 0 Å². The first-order chi connectivity index (χ1) is 22.9. The largest absolute Gasteiger partial charge is 0.492 e. The summed E-state index contributed by atoms with van der Waals surface area (Å²) >= 11 is 6.68. The lowest BCUT2D eigenvalue weighted by atomic mass is 9.92. The Hall–Kier alpha value is -4.07. The zero-order valence-corrected chi connectivity index (χ0v) is 27.7. The van der Waals surface area contributed by atoms with E-state index in [1.54, 1.807) is 12.1 Å². The predicted octanol–water partition coefficient (Wildman–Crippen LogP) is 3.88. The molecule has 1 atom stereocenters. The molecular formula is C35H41ClN2O10. The number of carbonyl (C=O) groups is 2. The quantitative estimate of drug-likeness (QED) is 0.167. The maximum atomic E-state index is 11.8. The lowest BCUT2D eigenvalue weighted by Crippen LogP contribution is -2.52. The van der Waals surface area contributed by atoms with Gasteiger partial charge in [0.2, 0.25) is 0 Å². The van der Waals surface area contributed by atoms with Crippen molar-refractivity contribution in [2.75, 3.05) is 46.1 Å². The molecule has 0 saturated carbocycles. The molecule has 0 radical (unpaired) electrons. The predicted molar refractivity (Wildman–Crippen MR) is 177 cm³/mol. The summed E-state index contributed by atoms with van der Waals surface area (Å²) in [6.45, 7) is 5.53. The first kappa shape index (κ1) is 35.2. The third-order valence-electron chi connectivity index (χ3n) is 9.00. The Morgan fingerprint density at radius 2 is 1.73 bits per heavy atom. The van der Waals surface area contributed by atoms with E-state index in [0.717, 1.165) is 28.0 Å². The van der Waals surface area contributed by atoms with Crippen LogP contribution in [-0.4, -0.2) is 94.5 Å². The van der Waals surface area contributed by atoms with Gasteiger partial charge in [-0.3, -0.25) is 15.0 Å². The number of hydrogen-bond donors (Lipinski definition) is 5. The van der Waals surface area contributed by atoms with Gasteiger partial charge in [0.15, 0.2) is 17.1 Å². The number of likely N-dealkylation sites (tertiary alicyclic amines) is 1. The minimum atomic E-state index is -1.72. The van der Waals surface area contributed by atoms with E-state index in [4.69, 9.17) is 30.5 Å². The summed E-state index contributed by atoms with van der Waals surface area (Å²) in [4.78, 5) is 25.2. The molecule has 0 aromatic heterocycles. The zero-order valence-electron chi connectivity index (χ0n) is 27.0. The standard InChI is InChI=1S/C35H41ClN2O10/c1-22-24(4-3-5-26(22)23-6-7-28-31(17-23)47-15-14-46-28)20-48-30-18-29(25(16-27(30)36)19-37-34(2,21-39)32(40)41)45-13-12-38-10-8-35(44,9-11-38)33(42)43/h3-7,16-18,37,39,44H,8-15,19-21H2,1-2H3,(H,40,41)(H,42,43)/t34-/m1/s1. The zero-order chi connectivity index (χ0) is 34.5. The van der Waals surface area contributed by atoms with Crippen LogP contribution in [-0.2, 0) is 22.7 Å². The molecule has 12 nitrogen and oxygen atoms in total. The Morgan fingerprint density at radius 3 is 2.42 bits per heavy atom. The first-order valence-electron chi connectivity index (χ1n) is 15.8. The molecule has 5 N–H and O–H groups in total. The molecule has 0 unspecified atom stereocenters. The molecule has 2 aliphatic heterocycles. The number of ether oxygens (including phenoxy) is 4. The number of hydrogen-bond acceptors (Lipinski definition) is 10. The van der Waals surface area contributed by atoms with Gasteiger partial charge in [-0.05, 0) is 67.1 Å². The van der Waals surface area contributed by atoms with Crippen molar-refractivity contribution in [2.45, 2.75) is 51.0 Å². The average molecular weight is 685 g/mol. The van der Waals surface area contributed by atoms with Crippen molar-refractivity contribution in [1.29, 1.82) is 0 Å². The summed E-state index contributed by atoms with van der Waals surface area (Å²) in [7, 11) is 0. The van der Waals surface area contributed by atoms with E-state index in [0.29, 0.717) is 60.7 Å². The Morgan fingerprint density at radius 1 is 1.00 bits per heavy atom. The highest BCUT2D eigenvalue weighted by Crippen LogP contribution is 2.37. The molecule has 3 aromatic carbocycles. The fourth-order valence-corrected chi connectivity index (χ4v) is 5.85. The highest BCUT2D eigenvalue weighted by atomic mass is 35.5. The highest BCUT2D eigenvalue weighted by molar-refractivity contribution is 6.32. The minimum Gasteiger partial charge on any atom is -0.492 e. The van der Waals surface area contributed by atoms with Crippen LogP contribution in [0.2, 0.25) is 5.02 Å². The van der Waals surface area contributed by atoms with Crippen molar-refractivity contribution < 1.29 is 49.0 Å². The summed E-state index contributed by atoms with van der Waals surface area (Å²) in [6.07, 6.45) is 0.224. The molecular weight excluding hydrogens is 644 g/mol. The van der Waals surface area contributed by atoms with E-state index < -0.39 is 29.7 Å². The van der Waals surface area contributed by atoms with Crippen molar-refractivity contribution in [3.8, 4) is 34.1 Å². The summed E-state index contributed by atoms with van der Waals surface area (Å²) in [5.74, 6) is -0.220. The van der Waals surface area contributed by atoms with Crippen molar-refractivity contribution >= 4 is 23.5 Å². The van der Waals surface area contributed by atoms with Crippen molar-refractivity contribution in [3.05, 3.63) is 70.2 Å². The van der Waals surface area contributed by atoms with E-state index in [1.807, 2.05) is 48.2 Å². The molecule has 0 aliphatic carbocycles. The number of benzene rings is 3. The van der Waals surface area contributed by atoms with Gasteiger partial charge < -0.3 is 39.4 Å². The van der Waals surface area contributed by atoms with Crippen LogP contribution >= 0.6 is 11.6 Å². The van der Waals surface area contributed by atoms with Crippen molar-refractivity contribution in [2.24, 2.45) is 0 Å². The number of piperidine rings is 1. The SMILES string of the molecule is Cc1c(COc2cc(OCCN3CCC(O)(C(=O)O)CC3)c(CN[C@](C)(CO)C(=O)O)cc2Cl)cccc1-c1ccc2c(c1)OCCO2. The summed E-state index contributed by atoms with van der Waals surface area (Å²) in [6, 6.07) is 15.2. The summed E-state index contributed by atoms with van der Waals surface area (Å²) in [5, 5.41) is 42.0. The molecule has 0 spiro atoms. The monoisotopic (exact) mass is 684 g/mol. The van der Waals surface area contributed by atoms with Crippen LogP contribution in [0.1, 0.15) is 36.5 Å². The van der Waals surface area contributed by atoms with Gasteiger partial charge in [-0.25, -0.2) is 4.79 Å². The normalized spacial score (nSPS) is 16.9. The number of rotatable bonds is 14. The third kappa shape index (κ3) is 7.96. The fourth-order valence-electron chi connectivity index (χ4n) is 5.61. The molecule has 0 amide bonds. The maximum Gasteiger partial charge on any atom is 0.335 e. The van der Waals surface area contributed by atoms with Crippen LogP contribution in [0.5, 0.6) is 23.0 Å². The topological polar surface area (TPSA) is 167 Å². The Balaban J connectivity index is 1.32. The number of aliphatic hydroxyl groups is 2. The van der Waals surface area contributed by atoms with E-state index in [1.165, 1.54) is 6.92 Å². The van der Waals surface area contributed by atoms with E-state index >= 15 is 0 Å². The molecule has 2 aliphatic rings. The molecule has 3 aromatic rings. The number of halogens is 1. The van der Waals surface area contributed by atoms with Gasteiger partial charge in [0.25, 0.3) is 0 Å². The van der Waals surface area contributed by atoms with E-state index in [2.05, 4.69) is 5.32 Å². The number of aliphatic hydroxyl groups excluding tert-OH is 1. The first-order valence-corrected chi connectivity index (χ1v) is 16.1. The van der Waals surface area contributed by atoms with Gasteiger partial charge in [0, 0.05) is 37.8 Å². The molecule has 258 valence electrons. The second-order valence-corrected chi connectivity index (χ2v) is 12.7. The van der Waals surface area contributed by atoms with Crippen molar-refractivity contribution in [3.63, 3.8) is 0 Å². The lowest BCUT2D eigenvalue weighted by Gasteiger charge is -2.35. The fraction of sp³-hybridized carbons (Fsp3) is 0.429. The third-order valence-corrected chi connectivity index (χ3v) is 9.30. The Bertz CT molecular complexity index is 1640. The molecule has 2 heterocycles. The summed E-state index contributed by atoms with van der Waals surface area (Å²) < 4.78 is 23.8. The molecule has 1 saturated heterocycles. The molecule has 5 rings (SSSR count). The summed E-state index contributed by atoms with van der Waals surface area (Å²) in [5.41, 5.74) is 1.23. The van der Waals surface area contributed by atoms with Gasteiger partial charge in [0.05, 0.1) is 11.6 Å². The van der Waals surface area contributed by atoms with Crippen LogP contribution in [0.15, 0.2) is 48.5 Å². The number of carboxylic acid groups (broad SMARTS) is 2. The lowest BCUT2D eigenvalue weighted by molar-refractivity contribution is -0.163. The smallest absolute Gasteiger partial charge is 0.335 e. The molecule has 13 heteroatoms. The van der Waals surface area contributed by atoms with Crippen LogP contribution in [0.4, 0.5) is 0 Å². The molecule has 1 fully saturated rings. The Kier molecular flexibility index (Phi) is 11.0. The van der Waals surface area contributed by atoms with Crippen LogP contribution in [0.25, 0.3) is 11.1 Å². The molecule has 0 bridgehead atoms.